The van der Waals surface area contributed by atoms with Gasteiger partial charge in [0.15, 0.2) is 0 Å². The molecule has 2 aliphatic heterocycles. The highest BCUT2D eigenvalue weighted by molar-refractivity contribution is 7.89. The summed E-state index contributed by atoms with van der Waals surface area (Å²) in [6, 6.07) is 12.5. The van der Waals surface area contributed by atoms with Crippen LogP contribution in [-0.4, -0.2) is 49.9 Å². The first kappa shape index (κ1) is 20.2. The van der Waals surface area contributed by atoms with Crippen LogP contribution in [0, 0.1) is 6.92 Å². The third kappa shape index (κ3) is 4.73. The zero-order chi connectivity index (χ0) is 20.3. The SMILES string of the molecule is Cc1cccc(NC2CCN(c3ccc(S(=O)(=O)N4CCCCC4)cn3)CC2)c1. The van der Waals surface area contributed by atoms with Crippen molar-refractivity contribution < 1.29 is 8.42 Å². The van der Waals surface area contributed by atoms with Crippen LogP contribution in [0.4, 0.5) is 11.5 Å². The van der Waals surface area contributed by atoms with Crippen LogP contribution in [-0.2, 0) is 10.0 Å². The monoisotopic (exact) mass is 414 g/mol. The first-order valence-corrected chi connectivity index (χ1v) is 12.0. The second-order valence-electron chi connectivity index (χ2n) is 8.09. The normalized spacial score (nSPS) is 19.3. The van der Waals surface area contributed by atoms with E-state index < -0.39 is 10.0 Å². The maximum atomic E-state index is 12.8. The molecule has 1 aromatic heterocycles. The summed E-state index contributed by atoms with van der Waals surface area (Å²) < 4.78 is 27.2. The number of rotatable bonds is 5. The molecule has 1 aromatic carbocycles. The molecule has 0 radical (unpaired) electrons. The molecule has 2 aromatic rings. The van der Waals surface area contributed by atoms with Crippen molar-refractivity contribution in [1.29, 1.82) is 0 Å². The maximum Gasteiger partial charge on any atom is 0.244 e. The predicted molar refractivity (Wildman–Crippen MR) is 117 cm³/mol. The van der Waals surface area contributed by atoms with Crippen LogP contribution in [0.3, 0.4) is 0 Å². The molecule has 3 heterocycles. The standard InChI is InChI=1S/C22H30N4O2S/c1-18-6-5-7-20(16-18)24-19-10-14-25(15-11-19)22-9-8-21(17-23-22)29(27,28)26-12-3-2-4-13-26/h5-9,16-17,19,24H,2-4,10-15H2,1H3. The molecular weight excluding hydrogens is 384 g/mol. The Hall–Kier alpha value is -2.12. The number of sulfonamides is 1. The summed E-state index contributed by atoms with van der Waals surface area (Å²) in [4.78, 5) is 7.03. The summed E-state index contributed by atoms with van der Waals surface area (Å²) in [5, 5.41) is 3.63. The zero-order valence-electron chi connectivity index (χ0n) is 17.0. The van der Waals surface area contributed by atoms with E-state index in [9.17, 15) is 8.42 Å². The lowest BCUT2D eigenvalue weighted by molar-refractivity contribution is 0.346. The van der Waals surface area contributed by atoms with Crippen molar-refractivity contribution in [1.82, 2.24) is 9.29 Å². The fourth-order valence-electron chi connectivity index (χ4n) is 4.19. The Morgan fingerprint density at radius 1 is 1.00 bits per heavy atom. The van der Waals surface area contributed by atoms with Gasteiger partial charge in [-0.1, -0.05) is 18.6 Å². The fourth-order valence-corrected chi connectivity index (χ4v) is 5.65. The smallest absolute Gasteiger partial charge is 0.244 e. The van der Waals surface area contributed by atoms with Gasteiger partial charge in [-0.25, -0.2) is 13.4 Å². The Kier molecular flexibility index (Phi) is 6.06. The molecule has 1 N–H and O–H groups in total. The number of aromatic nitrogens is 1. The zero-order valence-corrected chi connectivity index (χ0v) is 17.9. The number of anilines is 2. The average molecular weight is 415 g/mol. The molecule has 0 spiro atoms. The van der Waals surface area contributed by atoms with Crippen molar-refractivity contribution in [2.24, 2.45) is 0 Å². The molecule has 2 aliphatic rings. The van der Waals surface area contributed by atoms with Gasteiger partial charge in [0.25, 0.3) is 0 Å². The minimum absolute atomic E-state index is 0.305. The molecule has 0 unspecified atom stereocenters. The quantitative estimate of drug-likeness (QED) is 0.809. The Labute approximate surface area is 174 Å². The highest BCUT2D eigenvalue weighted by atomic mass is 32.2. The Balaban J connectivity index is 1.35. The van der Waals surface area contributed by atoms with E-state index in [1.54, 1.807) is 10.4 Å². The number of hydrogen-bond donors (Lipinski definition) is 1. The lowest BCUT2D eigenvalue weighted by Crippen LogP contribution is -2.39. The number of pyridine rings is 1. The summed E-state index contributed by atoms with van der Waals surface area (Å²) in [5.74, 6) is 0.858. The van der Waals surface area contributed by atoms with Crippen molar-refractivity contribution in [3.63, 3.8) is 0 Å². The third-order valence-corrected chi connectivity index (χ3v) is 7.76. The molecule has 156 valence electrons. The van der Waals surface area contributed by atoms with Crippen molar-refractivity contribution in [3.8, 4) is 0 Å². The van der Waals surface area contributed by atoms with Gasteiger partial charge in [0, 0.05) is 44.1 Å². The molecule has 2 fully saturated rings. The van der Waals surface area contributed by atoms with E-state index in [1.807, 2.05) is 6.07 Å². The minimum atomic E-state index is -3.41. The first-order chi connectivity index (χ1) is 14.0. The van der Waals surface area contributed by atoms with Gasteiger partial charge in [0.2, 0.25) is 10.0 Å². The summed E-state index contributed by atoms with van der Waals surface area (Å²) in [6.07, 6.45) is 6.58. The van der Waals surface area contributed by atoms with E-state index in [0.717, 1.165) is 51.0 Å². The summed E-state index contributed by atoms with van der Waals surface area (Å²) >= 11 is 0. The van der Waals surface area contributed by atoms with Crippen LogP contribution in [0.1, 0.15) is 37.7 Å². The number of hydrogen-bond acceptors (Lipinski definition) is 5. The Morgan fingerprint density at radius 3 is 2.41 bits per heavy atom. The molecule has 0 saturated carbocycles. The van der Waals surface area contributed by atoms with E-state index in [4.69, 9.17) is 0 Å². The van der Waals surface area contributed by atoms with Gasteiger partial charge in [-0.2, -0.15) is 4.31 Å². The largest absolute Gasteiger partial charge is 0.382 e. The van der Waals surface area contributed by atoms with Gasteiger partial charge >= 0.3 is 0 Å². The first-order valence-electron chi connectivity index (χ1n) is 10.6. The molecule has 0 bridgehead atoms. The fraction of sp³-hybridized carbons (Fsp3) is 0.500. The highest BCUT2D eigenvalue weighted by Gasteiger charge is 2.27. The van der Waals surface area contributed by atoms with Crippen LogP contribution < -0.4 is 10.2 Å². The van der Waals surface area contributed by atoms with E-state index in [1.165, 1.54) is 17.4 Å². The summed E-state index contributed by atoms with van der Waals surface area (Å²) in [7, 11) is -3.41. The van der Waals surface area contributed by atoms with Crippen molar-refractivity contribution in [2.45, 2.75) is 50.0 Å². The number of piperidine rings is 2. The maximum absolute atomic E-state index is 12.8. The van der Waals surface area contributed by atoms with Crippen molar-refractivity contribution in [3.05, 3.63) is 48.2 Å². The Morgan fingerprint density at radius 2 is 1.76 bits per heavy atom. The van der Waals surface area contributed by atoms with E-state index in [-0.39, 0.29) is 0 Å². The van der Waals surface area contributed by atoms with Gasteiger partial charge in [-0.3, -0.25) is 0 Å². The number of aryl methyl sites for hydroxylation is 1. The van der Waals surface area contributed by atoms with E-state index >= 15 is 0 Å². The van der Waals surface area contributed by atoms with Crippen LogP contribution >= 0.6 is 0 Å². The van der Waals surface area contributed by atoms with Crippen molar-refractivity contribution >= 4 is 21.5 Å². The Bertz CT molecular complexity index is 916. The molecular formula is C22H30N4O2S. The molecule has 0 atom stereocenters. The van der Waals surface area contributed by atoms with Crippen molar-refractivity contribution in [2.75, 3.05) is 36.4 Å². The van der Waals surface area contributed by atoms with Crippen LogP contribution in [0.15, 0.2) is 47.5 Å². The lowest BCUT2D eigenvalue weighted by Gasteiger charge is -2.33. The van der Waals surface area contributed by atoms with Gasteiger partial charge in [0.05, 0.1) is 0 Å². The second-order valence-corrected chi connectivity index (χ2v) is 10.0. The van der Waals surface area contributed by atoms with Gasteiger partial charge in [0.1, 0.15) is 10.7 Å². The van der Waals surface area contributed by atoms with E-state index in [0.29, 0.717) is 24.0 Å². The summed E-state index contributed by atoms with van der Waals surface area (Å²) in [5.41, 5.74) is 2.44. The topological polar surface area (TPSA) is 65.5 Å². The average Bonchev–Trinajstić information content (AvgIpc) is 2.75. The number of nitrogens with zero attached hydrogens (tertiary/aromatic N) is 3. The van der Waals surface area contributed by atoms with Crippen LogP contribution in [0.2, 0.25) is 0 Å². The number of nitrogens with one attached hydrogen (secondary N) is 1. The van der Waals surface area contributed by atoms with E-state index in [2.05, 4.69) is 46.4 Å². The molecule has 0 aliphatic carbocycles. The molecule has 4 rings (SSSR count). The molecule has 6 nitrogen and oxygen atoms in total. The lowest BCUT2D eigenvalue weighted by atomic mass is 10.0. The van der Waals surface area contributed by atoms with Gasteiger partial charge < -0.3 is 10.2 Å². The van der Waals surface area contributed by atoms with Crippen LogP contribution in [0.5, 0.6) is 0 Å². The highest BCUT2D eigenvalue weighted by Crippen LogP contribution is 2.24. The predicted octanol–water partition coefficient (Wildman–Crippen LogP) is 3.65. The molecule has 29 heavy (non-hydrogen) atoms. The molecule has 2 saturated heterocycles. The van der Waals surface area contributed by atoms with Gasteiger partial charge in [-0.15, -0.1) is 0 Å². The summed E-state index contributed by atoms with van der Waals surface area (Å²) in [6.45, 7) is 5.16. The van der Waals surface area contributed by atoms with Crippen LogP contribution in [0.25, 0.3) is 0 Å². The molecule has 0 amide bonds. The molecule has 7 heteroatoms. The van der Waals surface area contributed by atoms with Gasteiger partial charge in [-0.05, 0) is 62.4 Å². The second kappa shape index (κ2) is 8.71. The third-order valence-electron chi connectivity index (χ3n) is 5.88. The number of benzene rings is 1. The minimum Gasteiger partial charge on any atom is -0.382 e.